The predicted octanol–water partition coefficient (Wildman–Crippen LogP) is 2.99. The van der Waals surface area contributed by atoms with Gasteiger partial charge in [-0.3, -0.25) is 0 Å². The Morgan fingerprint density at radius 2 is 1.95 bits per heavy atom. The summed E-state index contributed by atoms with van der Waals surface area (Å²) in [5.41, 5.74) is 0. The highest BCUT2D eigenvalue weighted by Gasteiger charge is 2.36. The van der Waals surface area contributed by atoms with E-state index < -0.39 is 12.0 Å². The molecule has 1 aliphatic carbocycles. The number of likely N-dealkylation sites (tertiary alicyclic amines) is 1. The largest absolute Gasteiger partial charge is 0.480 e. The van der Waals surface area contributed by atoms with Crippen LogP contribution >= 0.6 is 0 Å². The third-order valence-electron chi connectivity index (χ3n) is 4.95. The number of amides is 2. The predicted molar refractivity (Wildman–Crippen MR) is 81.2 cm³/mol. The zero-order chi connectivity index (χ0) is 15.2. The summed E-state index contributed by atoms with van der Waals surface area (Å²) in [6.45, 7) is 2.80. The monoisotopic (exact) mass is 296 g/mol. The van der Waals surface area contributed by atoms with Crippen molar-refractivity contribution in [2.45, 2.75) is 76.8 Å². The maximum Gasteiger partial charge on any atom is 0.326 e. The van der Waals surface area contributed by atoms with Crippen LogP contribution in [0.25, 0.3) is 0 Å². The van der Waals surface area contributed by atoms with E-state index in [-0.39, 0.29) is 6.03 Å². The van der Waals surface area contributed by atoms with Crippen molar-refractivity contribution in [3.63, 3.8) is 0 Å². The highest BCUT2D eigenvalue weighted by molar-refractivity contribution is 5.82. The Morgan fingerprint density at radius 3 is 2.57 bits per heavy atom. The van der Waals surface area contributed by atoms with Crippen molar-refractivity contribution in [1.82, 2.24) is 10.2 Å². The van der Waals surface area contributed by atoms with Gasteiger partial charge in [-0.1, -0.05) is 32.6 Å². The van der Waals surface area contributed by atoms with Gasteiger partial charge in [0.05, 0.1) is 0 Å². The minimum Gasteiger partial charge on any atom is -0.480 e. The number of carboxylic acid groups (broad SMARTS) is 1. The standard InChI is InChI=1S/C16H28N2O3/c1-2-3-9-13(15(19)20)17-16(21)18-11-6-10-14(18)12-7-4-5-8-12/h12-14H,2-11H2,1H3,(H,17,21)(H,19,20). The summed E-state index contributed by atoms with van der Waals surface area (Å²) in [4.78, 5) is 25.6. The lowest BCUT2D eigenvalue weighted by molar-refractivity contribution is -0.139. The molecule has 2 N–H and O–H groups in total. The average Bonchev–Trinajstić information content (AvgIpc) is 3.11. The molecule has 1 saturated heterocycles. The van der Waals surface area contributed by atoms with Crippen LogP contribution in [-0.4, -0.2) is 40.6 Å². The van der Waals surface area contributed by atoms with E-state index in [2.05, 4.69) is 5.32 Å². The molecule has 0 aromatic carbocycles. The third-order valence-corrected chi connectivity index (χ3v) is 4.95. The second kappa shape index (κ2) is 7.66. The molecule has 0 bridgehead atoms. The maximum absolute atomic E-state index is 12.4. The van der Waals surface area contributed by atoms with E-state index in [0.717, 1.165) is 32.2 Å². The van der Waals surface area contributed by atoms with Crippen molar-refractivity contribution in [2.24, 2.45) is 5.92 Å². The van der Waals surface area contributed by atoms with Gasteiger partial charge >= 0.3 is 12.0 Å². The fraction of sp³-hybridized carbons (Fsp3) is 0.875. The summed E-state index contributed by atoms with van der Waals surface area (Å²) in [7, 11) is 0. The number of carboxylic acids is 1. The molecule has 0 spiro atoms. The number of unbranched alkanes of at least 4 members (excludes halogenated alkanes) is 1. The zero-order valence-corrected chi connectivity index (χ0v) is 13.0. The van der Waals surface area contributed by atoms with E-state index in [0.29, 0.717) is 18.4 Å². The van der Waals surface area contributed by atoms with E-state index in [1.54, 1.807) is 0 Å². The number of carbonyl (C=O) groups excluding carboxylic acids is 1. The molecule has 0 aromatic rings. The molecular weight excluding hydrogens is 268 g/mol. The highest BCUT2D eigenvalue weighted by Crippen LogP contribution is 2.35. The number of hydrogen-bond acceptors (Lipinski definition) is 2. The molecule has 1 saturated carbocycles. The first kappa shape index (κ1) is 16.1. The van der Waals surface area contributed by atoms with Gasteiger partial charge in [-0.25, -0.2) is 9.59 Å². The van der Waals surface area contributed by atoms with E-state index in [1.807, 2.05) is 11.8 Å². The molecule has 0 radical (unpaired) electrons. The lowest BCUT2D eigenvalue weighted by atomic mass is 9.96. The van der Waals surface area contributed by atoms with Gasteiger partial charge in [-0.15, -0.1) is 0 Å². The topological polar surface area (TPSA) is 69.6 Å². The van der Waals surface area contributed by atoms with E-state index in [1.165, 1.54) is 25.7 Å². The van der Waals surface area contributed by atoms with Gasteiger partial charge in [-0.05, 0) is 38.0 Å². The van der Waals surface area contributed by atoms with Gasteiger partial charge in [0, 0.05) is 12.6 Å². The minimum atomic E-state index is -0.923. The van der Waals surface area contributed by atoms with E-state index in [4.69, 9.17) is 0 Å². The fourth-order valence-corrected chi connectivity index (χ4v) is 3.77. The Hall–Kier alpha value is -1.26. The number of aliphatic carboxylic acids is 1. The fourth-order valence-electron chi connectivity index (χ4n) is 3.77. The van der Waals surface area contributed by atoms with Crippen LogP contribution in [0, 0.1) is 5.92 Å². The number of nitrogens with zero attached hydrogens (tertiary/aromatic N) is 1. The van der Waals surface area contributed by atoms with Crippen LogP contribution in [0.3, 0.4) is 0 Å². The Morgan fingerprint density at radius 1 is 1.24 bits per heavy atom. The molecule has 1 aliphatic heterocycles. The van der Waals surface area contributed by atoms with Crippen LogP contribution in [0.1, 0.15) is 64.7 Å². The van der Waals surface area contributed by atoms with Crippen molar-refractivity contribution in [3.05, 3.63) is 0 Å². The summed E-state index contributed by atoms with van der Waals surface area (Å²) in [5.74, 6) is -0.300. The first-order chi connectivity index (χ1) is 10.1. The summed E-state index contributed by atoms with van der Waals surface area (Å²) in [6, 6.07) is -0.594. The smallest absolute Gasteiger partial charge is 0.326 e. The van der Waals surface area contributed by atoms with Gasteiger partial charge in [0.1, 0.15) is 6.04 Å². The second-order valence-electron chi connectivity index (χ2n) is 6.43. The average molecular weight is 296 g/mol. The molecule has 2 unspecified atom stereocenters. The molecule has 2 atom stereocenters. The van der Waals surface area contributed by atoms with Crippen molar-refractivity contribution >= 4 is 12.0 Å². The van der Waals surface area contributed by atoms with Gasteiger partial charge in [0.15, 0.2) is 0 Å². The van der Waals surface area contributed by atoms with Crippen LogP contribution < -0.4 is 5.32 Å². The molecule has 2 amide bonds. The molecule has 5 nitrogen and oxygen atoms in total. The molecule has 120 valence electrons. The molecule has 5 heteroatoms. The lowest BCUT2D eigenvalue weighted by Gasteiger charge is -2.30. The van der Waals surface area contributed by atoms with Crippen molar-refractivity contribution in [3.8, 4) is 0 Å². The van der Waals surface area contributed by atoms with Crippen LogP contribution in [-0.2, 0) is 4.79 Å². The van der Waals surface area contributed by atoms with Crippen LogP contribution in [0.4, 0.5) is 4.79 Å². The Balaban J connectivity index is 1.92. The Bertz CT molecular complexity index is 367. The van der Waals surface area contributed by atoms with Crippen molar-refractivity contribution in [2.75, 3.05) is 6.54 Å². The minimum absolute atomic E-state index is 0.173. The summed E-state index contributed by atoms with van der Waals surface area (Å²) in [5, 5.41) is 12.0. The number of hydrogen-bond donors (Lipinski definition) is 2. The van der Waals surface area contributed by atoms with E-state index in [9.17, 15) is 14.7 Å². The van der Waals surface area contributed by atoms with Gasteiger partial charge in [0.2, 0.25) is 0 Å². The summed E-state index contributed by atoms with van der Waals surface area (Å²) < 4.78 is 0. The number of rotatable bonds is 6. The Kier molecular flexibility index (Phi) is 5.88. The normalized spacial score (nSPS) is 24.2. The highest BCUT2D eigenvalue weighted by atomic mass is 16.4. The SMILES string of the molecule is CCCCC(NC(=O)N1CCCC1C1CCCC1)C(=O)O. The molecule has 2 aliphatic rings. The second-order valence-corrected chi connectivity index (χ2v) is 6.43. The molecule has 0 aromatic heterocycles. The van der Waals surface area contributed by atoms with E-state index >= 15 is 0 Å². The molecule has 2 rings (SSSR count). The van der Waals surface area contributed by atoms with Crippen LogP contribution in [0.15, 0.2) is 0 Å². The zero-order valence-electron chi connectivity index (χ0n) is 13.0. The van der Waals surface area contributed by atoms with Gasteiger partial charge < -0.3 is 15.3 Å². The van der Waals surface area contributed by atoms with Crippen LogP contribution in [0.5, 0.6) is 0 Å². The number of nitrogens with one attached hydrogen (secondary N) is 1. The summed E-state index contributed by atoms with van der Waals surface area (Å²) in [6.07, 6.45) is 9.36. The van der Waals surface area contributed by atoms with Crippen molar-refractivity contribution in [1.29, 1.82) is 0 Å². The quantitative estimate of drug-likeness (QED) is 0.791. The molecule has 1 heterocycles. The molecular formula is C16H28N2O3. The molecule has 2 fully saturated rings. The maximum atomic E-state index is 12.4. The summed E-state index contributed by atoms with van der Waals surface area (Å²) >= 11 is 0. The first-order valence-electron chi connectivity index (χ1n) is 8.43. The number of urea groups is 1. The first-order valence-corrected chi connectivity index (χ1v) is 8.43. The van der Waals surface area contributed by atoms with Gasteiger partial charge in [0.25, 0.3) is 0 Å². The Labute approximate surface area is 127 Å². The third kappa shape index (κ3) is 4.11. The lowest BCUT2D eigenvalue weighted by Crippen LogP contribution is -2.50. The molecule has 21 heavy (non-hydrogen) atoms. The van der Waals surface area contributed by atoms with Gasteiger partial charge in [-0.2, -0.15) is 0 Å². The van der Waals surface area contributed by atoms with Crippen LogP contribution in [0.2, 0.25) is 0 Å². The van der Waals surface area contributed by atoms with Crippen molar-refractivity contribution < 1.29 is 14.7 Å². The number of carbonyl (C=O) groups is 2.